The molecule has 3 rings (SSSR count). The molecule has 0 aliphatic carbocycles. The van der Waals surface area contributed by atoms with E-state index in [1.165, 1.54) is 5.56 Å². The second kappa shape index (κ2) is 8.13. The van der Waals surface area contributed by atoms with E-state index >= 15 is 0 Å². The van der Waals surface area contributed by atoms with Crippen LogP contribution >= 0.6 is 0 Å². The highest BCUT2D eigenvalue weighted by Crippen LogP contribution is 2.26. The number of hydrogen-bond donors (Lipinski definition) is 0. The molecule has 1 aliphatic heterocycles. The molecule has 128 valence electrons. The average Bonchev–Trinajstić information content (AvgIpc) is 3.13. The van der Waals surface area contributed by atoms with Crippen LogP contribution < -0.4 is 0 Å². The predicted octanol–water partition coefficient (Wildman–Crippen LogP) is 3.39. The zero-order valence-corrected chi connectivity index (χ0v) is 14.5. The second-order valence-electron chi connectivity index (χ2n) is 6.94. The van der Waals surface area contributed by atoms with Gasteiger partial charge in [-0.15, -0.1) is 0 Å². The summed E-state index contributed by atoms with van der Waals surface area (Å²) in [7, 11) is 0. The van der Waals surface area contributed by atoms with Gasteiger partial charge in [-0.2, -0.15) is 0 Å². The highest BCUT2D eigenvalue weighted by atomic mass is 16.2. The fourth-order valence-electron chi connectivity index (χ4n) is 3.65. The molecule has 0 radical (unpaired) electrons. The molecule has 2 aromatic rings. The van der Waals surface area contributed by atoms with E-state index in [0.717, 1.165) is 38.9 Å². The third-order valence-corrected chi connectivity index (χ3v) is 5.23. The standard InChI is InChI=1S/C20H27N3O/c1-17(15-22-14-11-21-16-22)19-9-12-23(13-10-19)20(24)8-7-18-5-3-2-4-6-18/h2-6,11,14,16-17,19H,7-10,12-13,15H2,1H3. The molecule has 1 saturated heterocycles. The smallest absolute Gasteiger partial charge is 0.222 e. The lowest BCUT2D eigenvalue weighted by molar-refractivity contribution is -0.132. The van der Waals surface area contributed by atoms with Crippen LogP contribution in [0.5, 0.6) is 0 Å². The SMILES string of the molecule is CC(Cn1ccnc1)C1CCN(C(=O)CCc2ccccc2)CC1. The molecule has 4 nitrogen and oxygen atoms in total. The summed E-state index contributed by atoms with van der Waals surface area (Å²) < 4.78 is 2.15. The van der Waals surface area contributed by atoms with Crippen molar-refractivity contribution in [3.63, 3.8) is 0 Å². The first-order valence-electron chi connectivity index (χ1n) is 9.00. The summed E-state index contributed by atoms with van der Waals surface area (Å²) in [5.41, 5.74) is 1.25. The van der Waals surface area contributed by atoms with Gasteiger partial charge in [0.2, 0.25) is 5.91 Å². The minimum Gasteiger partial charge on any atom is -0.343 e. The number of aromatic nitrogens is 2. The molecule has 4 heteroatoms. The molecule has 1 amide bonds. The van der Waals surface area contributed by atoms with Gasteiger partial charge in [-0.25, -0.2) is 4.98 Å². The zero-order valence-electron chi connectivity index (χ0n) is 14.5. The van der Waals surface area contributed by atoms with E-state index in [0.29, 0.717) is 24.2 Å². The van der Waals surface area contributed by atoms with E-state index in [4.69, 9.17) is 0 Å². The third kappa shape index (κ3) is 4.47. The number of amides is 1. The number of imidazole rings is 1. The van der Waals surface area contributed by atoms with Crippen LogP contribution in [0, 0.1) is 11.8 Å². The zero-order chi connectivity index (χ0) is 16.8. The number of piperidine rings is 1. The van der Waals surface area contributed by atoms with Gasteiger partial charge in [0.1, 0.15) is 0 Å². The van der Waals surface area contributed by atoms with E-state index in [-0.39, 0.29) is 0 Å². The first-order valence-corrected chi connectivity index (χ1v) is 9.00. The van der Waals surface area contributed by atoms with Crippen molar-refractivity contribution < 1.29 is 4.79 Å². The van der Waals surface area contributed by atoms with Crippen LogP contribution in [0.15, 0.2) is 49.1 Å². The minimum atomic E-state index is 0.305. The Kier molecular flexibility index (Phi) is 5.68. The fraction of sp³-hybridized carbons (Fsp3) is 0.500. The van der Waals surface area contributed by atoms with Gasteiger partial charge in [-0.05, 0) is 36.7 Å². The van der Waals surface area contributed by atoms with E-state index in [1.807, 2.05) is 36.9 Å². The summed E-state index contributed by atoms with van der Waals surface area (Å²) >= 11 is 0. The van der Waals surface area contributed by atoms with Gasteiger partial charge in [0.05, 0.1) is 6.33 Å². The normalized spacial score (nSPS) is 17.0. The molecule has 2 heterocycles. The lowest BCUT2D eigenvalue weighted by Crippen LogP contribution is -2.40. The Morgan fingerprint density at radius 1 is 1.25 bits per heavy atom. The Morgan fingerprint density at radius 3 is 2.67 bits per heavy atom. The second-order valence-corrected chi connectivity index (χ2v) is 6.94. The highest BCUT2D eigenvalue weighted by Gasteiger charge is 2.26. The molecular weight excluding hydrogens is 298 g/mol. The fourth-order valence-corrected chi connectivity index (χ4v) is 3.65. The van der Waals surface area contributed by atoms with Crippen LogP contribution in [-0.4, -0.2) is 33.4 Å². The molecule has 0 saturated carbocycles. The van der Waals surface area contributed by atoms with Crippen LogP contribution in [0.2, 0.25) is 0 Å². The quantitative estimate of drug-likeness (QED) is 0.816. The molecular formula is C20H27N3O. The van der Waals surface area contributed by atoms with Gasteiger partial charge in [-0.3, -0.25) is 4.79 Å². The molecule has 1 aromatic heterocycles. The monoisotopic (exact) mass is 325 g/mol. The summed E-state index contributed by atoms with van der Waals surface area (Å²) in [6.07, 6.45) is 9.45. The maximum absolute atomic E-state index is 12.4. The first-order chi connectivity index (χ1) is 11.7. The predicted molar refractivity (Wildman–Crippen MR) is 95.5 cm³/mol. The summed E-state index contributed by atoms with van der Waals surface area (Å²) in [6, 6.07) is 10.3. The van der Waals surface area contributed by atoms with Crippen molar-refractivity contribution in [2.24, 2.45) is 11.8 Å². The minimum absolute atomic E-state index is 0.305. The number of carbonyl (C=O) groups is 1. The Bertz CT molecular complexity index is 616. The molecule has 0 spiro atoms. The number of aryl methyl sites for hydroxylation is 1. The molecule has 1 aliphatic rings. The Hall–Kier alpha value is -2.10. The van der Waals surface area contributed by atoms with Crippen LogP contribution in [-0.2, 0) is 17.8 Å². The Balaban J connectivity index is 1.42. The van der Waals surface area contributed by atoms with Crippen LogP contribution in [0.3, 0.4) is 0 Å². The molecule has 1 atom stereocenters. The van der Waals surface area contributed by atoms with Crippen LogP contribution in [0.4, 0.5) is 0 Å². The number of rotatable bonds is 6. The van der Waals surface area contributed by atoms with Crippen molar-refractivity contribution in [2.45, 2.75) is 39.2 Å². The van der Waals surface area contributed by atoms with Gasteiger partial charge in [0, 0.05) is 38.4 Å². The van der Waals surface area contributed by atoms with Crippen LogP contribution in [0.1, 0.15) is 31.7 Å². The molecule has 1 unspecified atom stereocenters. The van der Waals surface area contributed by atoms with Crippen molar-refractivity contribution in [1.29, 1.82) is 0 Å². The molecule has 1 fully saturated rings. The molecule has 0 bridgehead atoms. The molecule has 1 aromatic carbocycles. The largest absolute Gasteiger partial charge is 0.343 e. The number of hydrogen-bond acceptors (Lipinski definition) is 2. The van der Waals surface area contributed by atoms with E-state index in [9.17, 15) is 4.79 Å². The third-order valence-electron chi connectivity index (χ3n) is 5.23. The summed E-state index contributed by atoms with van der Waals surface area (Å²) in [6.45, 7) is 5.16. The van der Waals surface area contributed by atoms with Gasteiger partial charge in [0.15, 0.2) is 0 Å². The highest BCUT2D eigenvalue weighted by molar-refractivity contribution is 5.76. The van der Waals surface area contributed by atoms with Gasteiger partial charge in [-0.1, -0.05) is 37.3 Å². The van der Waals surface area contributed by atoms with Crippen molar-refractivity contribution >= 4 is 5.91 Å². The van der Waals surface area contributed by atoms with E-state index < -0.39 is 0 Å². The lowest BCUT2D eigenvalue weighted by atomic mass is 9.85. The summed E-state index contributed by atoms with van der Waals surface area (Å²) in [5, 5.41) is 0. The van der Waals surface area contributed by atoms with Gasteiger partial charge in [0.25, 0.3) is 0 Å². The Morgan fingerprint density at radius 2 is 2.00 bits per heavy atom. The van der Waals surface area contributed by atoms with Crippen LogP contribution in [0.25, 0.3) is 0 Å². The van der Waals surface area contributed by atoms with Crippen molar-refractivity contribution in [3.05, 3.63) is 54.6 Å². The first kappa shape index (κ1) is 16.7. The summed E-state index contributed by atoms with van der Waals surface area (Å²) in [5.74, 6) is 1.63. The molecule has 24 heavy (non-hydrogen) atoms. The van der Waals surface area contributed by atoms with E-state index in [2.05, 4.69) is 33.5 Å². The van der Waals surface area contributed by atoms with E-state index in [1.54, 1.807) is 0 Å². The van der Waals surface area contributed by atoms with Gasteiger partial charge >= 0.3 is 0 Å². The number of likely N-dealkylation sites (tertiary alicyclic amines) is 1. The summed E-state index contributed by atoms with van der Waals surface area (Å²) in [4.78, 5) is 18.6. The van der Waals surface area contributed by atoms with Crippen molar-refractivity contribution in [3.8, 4) is 0 Å². The Labute approximate surface area is 144 Å². The lowest BCUT2D eigenvalue weighted by Gasteiger charge is -2.35. The number of benzene rings is 1. The molecule has 0 N–H and O–H groups in total. The maximum atomic E-state index is 12.4. The number of carbonyl (C=O) groups excluding carboxylic acids is 1. The van der Waals surface area contributed by atoms with Crippen molar-refractivity contribution in [2.75, 3.05) is 13.1 Å². The average molecular weight is 325 g/mol. The number of nitrogens with zero attached hydrogens (tertiary/aromatic N) is 3. The maximum Gasteiger partial charge on any atom is 0.222 e. The van der Waals surface area contributed by atoms with Gasteiger partial charge < -0.3 is 9.47 Å². The van der Waals surface area contributed by atoms with Crippen molar-refractivity contribution in [1.82, 2.24) is 14.5 Å². The topological polar surface area (TPSA) is 38.1 Å².